The maximum absolute atomic E-state index is 12.2. The number of carboxylic acid groups (broad SMARTS) is 1. The molecule has 1 aliphatic rings. The molecular formula is C13H15ClO5S. The number of ether oxygens (including phenoxy) is 1. The van der Waals surface area contributed by atoms with E-state index in [2.05, 4.69) is 0 Å². The molecule has 20 heavy (non-hydrogen) atoms. The number of halogens is 1. The van der Waals surface area contributed by atoms with Crippen LogP contribution in [-0.4, -0.2) is 37.5 Å². The van der Waals surface area contributed by atoms with Crippen molar-refractivity contribution in [3.8, 4) is 0 Å². The van der Waals surface area contributed by atoms with Crippen LogP contribution in [0.3, 0.4) is 0 Å². The van der Waals surface area contributed by atoms with Gasteiger partial charge in [-0.05, 0) is 38.0 Å². The van der Waals surface area contributed by atoms with E-state index in [-0.39, 0.29) is 33.4 Å². The molecule has 110 valence electrons. The average Bonchev–Trinajstić information content (AvgIpc) is 2.73. The maximum Gasteiger partial charge on any atom is 0.337 e. The Morgan fingerprint density at radius 1 is 1.45 bits per heavy atom. The highest BCUT2D eigenvalue weighted by atomic mass is 35.5. The second kappa shape index (κ2) is 5.71. The van der Waals surface area contributed by atoms with Gasteiger partial charge in [0.05, 0.1) is 33.4 Å². The molecule has 0 bridgehead atoms. The Morgan fingerprint density at radius 2 is 2.15 bits per heavy atom. The minimum atomic E-state index is -3.53. The van der Waals surface area contributed by atoms with Gasteiger partial charge in [0.15, 0.2) is 9.84 Å². The van der Waals surface area contributed by atoms with Crippen LogP contribution in [0.5, 0.6) is 0 Å². The van der Waals surface area contributed by atoms with E-state index < -0.39 is 15.8 Å². The molecule has 0 saturated carbocycles. The molecule has 2 unspecified atom stereocenters. The summed E-state index contributed by atoms with van der Waals surface area (Å²) in [7, 11) is -3.53. The van der Waals surface area contributed by atoms with E-state index in [9.17, 15) is 13.2 Å². The van der Waals surface area contributed by atoms with Crippen molar-refractivity contribution in [1.29, 1.82) is 0 Å². The molecule has 1 aliphatic heterocycles. The quantitative estimate of drug-likeness (QED) is 0.921. The largest absolute Gasteiger partial charge is 0.478 e. The predicted octanol–water partition coefficient (Wildman–Crippen LogP) is 2.38. The van der Waals surface area contributed by atoms with Crippen molar-refractivity contribution >= 4 is 27.4 Å². The van der Waals surface area contributed by atoms with Gasteiger partial charge in [0, 0.05) is 0 Å². The zero-order valence-electron chi connectivity index (χ0n) is 10.9. The number of hydrogen-bond acceptors (Lipinski definition) is 4. The molecule has 1 aromatic rings. The normalized spacial score (nSPS) is 22.9. The fourth-order valence-electron chi connectivity index (χ4n) is 2.21. The number of rotatable bonds is 4. The SMILES string of the molecule is CC1CCC(CS(=O)(=O)c2ccc(C(=O)O)c(Cl)c2)O1. The van der Waals surface area contributed by atoms with E-state index in [0.717, 1.165) is 6.42 Å². The number of hydrogen-bond donors (Lipinski definition) is 1. The first-order chi connectivity index (χ1) is 9.29. The van der Waals surface area contributed by atoms with Gasteiger partial charge in [0.25, 0.3) is 0 Å². The van der Waals surface area contributed by atoms with E-state index in [1.54, 1.807) is 0 Å². The van der Waals surface area contributed by atoms with Crippen molar-refractivity contribution in [2.45, 2.75) is 36.9 Å². The molecule has 2 rings (SSSR count). The molecule has 0 aromatic heterocycles. The van der Waals surface area contributed by atoms with Gasteiger partial charge in [0.1, 0.15) is 0 Å². The fraction of sp³-hybridized carbons (Fsp3) is 0.462. The Bertz CT molecular complexity index is 626. The van der Waals surface area contributed by atoms with Crippen LogP contribution in [0.4, 0.5) is 0 Å². The van der Waals surface area contributed by atoms with Crippen LogP contribution in [-0.2, 0) is 14.6 Å². The molecule has 5 nitrogen and oxygen atoms in total. The smallest absolute Gasteiger partial charge is 0.337 e. The van der Waals surface area contributed by atoms with Crippen molar-refractivity contribution in [3.63, 3.8) is 0 Å². The molecule has 0 radical (unpaired) electrons. The number of benzene rings is 1. The summed E-state index contributed by atoms with van der Waals surface area (Å²) >= 11 is 5.79. The van der Waals surface area contributed by atoms with Gasteiger partial charge in [-0.15, -0.1) is 0 Å². The van der Waals surface area contributed by atoms with Crippen LogP contribution in [0.1, 0.15) is 30.1 Å². The van der Waals surface area contributed by atoms with Crippen LogP contribution >= 0.6 is 11.6 Å². The highest BCUT2D eigenvalue weighted by Crippen LogP contribution is 2.25. The van der Waals surface area contributed by atoms with Gasteiger partial charge in [-0.3, -0.25) is 0 Å². The van der Waals surface area contributed by atoms with Crippen LogP contribution in [0.2, 0.25) is 5.02 Å². The molecular weight excluding hydrogens is 304 g/mol. The second-order valence-electron chi connectivity index (χ2n) is 4.87. The summed E-state index contributed by atoms with van der Waals surface area (Å²) in [5, 5.41) is 8.78. The van der Waals surface area contributed by atoms with E-state index >= 15 is 0 Å². The summed E-state index contributed by atoms with van der Waals surface area (Å²) in [6.45, 7) is 1.91. The van der Waals surface area contributed by atoms with Crippen LogP contribution in [0.25, 0.3) is 0 Å². The predicted molar refractivity (Wildman–Crippen MR) is 74.0 cm³/mol. The third kappa shape index (κ3) is 3.31. The zero-order valence-corrected chi connectivity index (χ0v) is 12.4. The van der Waals surface area contributed by atoms with Crippen LogP contribution in [0, 0.1) is 0 Å². The molecule has 2 atom stereocenters. The monoisotopic (exact) mass is 318 g/mol. The third-order valence-electron chi connectivity index (χ3n) is 3.26. The Balaban J connectivity index is 2.21. The van der Waals surface area contributed by atoms with E-state index in [1.165, 1.54) is 18.2 Å². The first kappa shape index (κ1) is 15.3. The van der Waals surface area contributed by atoms with Gasteiger partial charge in [0.2, 0.25) is 0 Å². The van der Waals surface area contributed by atoms with Gasteiger partial charge >= 0.3 is 5.97 Å². The Kier molecular flexibility index (Phi) is 4.36. The Labute approximate surface area is 122 Å². The summed E-state index contributed by atoms with van der Waals surface area (Å²) in [5.74, 6) is -1.30. The first-order valence-electron chi connectivity index (χ1n) is 6.20. The minimum Gasteiger partial charge on any atom is -0.478 e. The molecule has 1 N–H and O–H groups in total. The lowest BCUT2D eigenvalue weighted by Gasteiger charge is -2.12. The standard InChI is InChI=1S/C13H15ClO5S/c1-8-2-3-9(19-8)7-20(17,18)10-4-5-11(13(15)16)12(14)6-10/h4-6,8-9H,2-3,7H2,1H3,(H,15,16). The topological polar surface area (TPSA) is 80.7 Å². The van der Waals surface area contributed by atoms with Crippen molar-refractivity contribution in [2.75, 3.05) is 5.75 Å². The second-order valence-corrected chi connectivity index (χ2v) is 7.32. The summed E-state index contributed by atoms with van der Waals surface area (Å²) in [6.07, 6.45) is 1.32. The molecule has 0 amide bonds. The highest BCUT2D eigenvalue weighted by molar-refractivity contribution is 7.91. The number of carboxylic acids is 1. The molecule has 1 heterocycles. The van der Waals surface area contributed by atoms with Gasteiger partial charge in [-0.25, -0.2) is 13.2 Å². The van der Waals surface area contributed by atoms with E-state index in [4.69, 9.17) is 21.4 Å². The van der Waals surface area contributed by atoms with Crippen molar-refractivity contribution < 1.29 is 23.1 Å². The number of carbonyl (C=O) groups is 1. The Hall–Kier alpha value is -1.11. The summed E-state index contributed by atoms with van der Waals surface area (Å²) in [5.41, 5.74) is -0.114. The van der Waals surface area contributed by atoms with Crippen molar-refractivity contribution in [2.24, 2.45) is 0 Å². The van der Waals surface area contributed by atoms with Crippen LogP contribution < -0.4 is 0 Å². The van der Waals surface area contributed by atoms with Crippen molar-refractivity contribution in [1.82, 2.24) is 0 Å². The van der Waals surface area contributed by atoms with E-state index in [1.807, 2.05) is 6.92 Å². The highest BCUT2D eigenvalue weighted by Gasteiger charge is 2.28. The molecule has 1 fully saturated rings. The first-order valence-corrected chi connectivity index (χ1v) is 8.23. The fourth-order valence-corrected chi connectivity index (χ4v) is 4.04. The lowest BCUT2D eigenvalue weighted by Crippen LogP contribution is -2.21. The lowest BCUT2D eigenvalue weighted by molar-refractivity contribution is 0.0686. The minimum absolute atomic E-state index is 0.0238. The average molecular weight is 319 g/mol. The summed E-state index contributed by atoms with van der Waals surface area (Å²) in [6, 6.07) is 3.65. The van der Waals surface area contributed by atoms with Gasteiger partial charge in [-0.2, -0.15) is 0 Å². The van der Waals surface area contributed by atoms with Gasteiger partial charge < -0.3 is 9.84 Å². The number of sulfone groups is 1. The van der Waals surface area contributed by atoms with E-state index in [0.29, 0.717) is 6.42 Å². The molecule has 0 spiro atoms. The molecule has 1 aromatic carbocycles. The molecule has 1 saturated heterocycles. The molecule has 7 heteroatoms. The summed E-state index contributed by atoms with van der Waals surface area (Å²) in [4.78, 5) is 10.9. The third-order valence-corrected chi connectivity index (χ3v) is 5.35. The molecule has 0 aliphatic carbocycles. The maximum atomic E-state index is 12.2. The van der Waals surface area contributed by atoms with Crippen LogP contribution in [0.15, 0.2) is 23.1 Å². The summed E-state index contributed by atoms with van der Waals surface area (Å²) < 4.78 is 30.0. The number of aromatic carboxylic acids is 1. The van der Waals surface area contributed by atoms with Gasteiger partial charge in [-0.1, -0.05) is 11.6 Å². The van der Waals surface area contributed by atoms with Crippen molar-refractivity contribution in [3.05, 3.63) is 28.8 Å². The Morgan fingerprint density at radius 3 is 2.65 bits per heavy atom. The lowest BCUT2D eigenvalue weighted by atomic mass is 10.2. The zero-order chi connectivity index (χ0) is 14.9.